The molecule has 0 heterocycles. The van der Waals surface area contributed by atoms with Gasteiger partial charge in [0.1, 0.15) is 5.75 Å². The number of nitrogens with zero attached hydrogens (tertiary/aromatic N) is 1. The van der Waals surface area contributed by atoms with Crippen LogP contribution in [0.5, 0.6) is 5.75 Å². The molecule has 0 aliphatic rings. The number of hydrogen-bond acceptors (Lipinski definition) is 4. The second kappa shape index (κ2) is 9.38. The zero-order valence-electron chi connectivity index (χ0n) is 15.3. The van der Waals surface area contributed by atoms with Gasteiger partial charge in [-0.1, -0.05) is 18.2 Å². The molecule has 2 aromatic carbocycles. The number of benzene rings is 2. The standard InChI is InChI=1S/C20H22N2O5/c1-3-22(13-18(23)21-16-8-5-9-17(12-16)27-2)19(24)11-14-6-4-7-15(10-14)20(25)26/h4-10,12H,3,11,13H2,1-2H3,(H,21,23)(H,25,26). The lowest BCUT2D eigenvalue weighted by molar-refractivity contribution is -0.133. The first-order chi connectivity index (χ1) is 12.9. The van der Waals surface area contributed by atoms with Gasteiger partial charge in [0, 0.05) is 18.3 Å². The SMILES string of the molecule is CCN(CC(=O)Nc1cccc(OC)c1)C(=O)Cc1cccc(C(=O)O)c1. The van der Waals surface area contributed by atoms with Gasteiger partial charge in [0.05, 0.1) is 25.6 Å². The summed E-state index contributed by atoms with van der Waals surface area (Å²) in [6.45, 7) is 2.05. The van der Waals surface area contributed by atoms with Gasteiger partial charge in [-0.2, -0.15) is 0 Å². The molecule has 2 aromatic rings. The van der Waals surface area contributed by atoms with Crippen LogP contribution in [0.1, 0.15) is 22.8 Å². The van der Waals surface area contributed by atoms with Crippen molar-refractivity contribution in [3.63, 3.8) is 0 Å². The summed E-state index contributed by atoms with van der Waals surface area (Å²) in [4.78, 5) is 37.2. The van der Waals surface area contributed by atoms with Crippen LogP contribution < -0.4 is 10.1 Å². The van der Waals surface area contributed by atoms with Gasteiger partial charge in [-0.15, -0.1) is 0 Å². The summed E-state index contributed by atoms with van der Waals surface area (Å²) < 4.78 is 5.11. The van der Waals surface area contributed by atoms with Crippen LogP contribution in [-0.2, 0) is 16.0 Å². The van der Waals surface area contributed by atoms with E-state index >= 15 is 0 Å². The molecule has 0 aliphatic heterocycles. The van der Waals surface area contributed by atoms with Gasteiger partial charge >= 0.3 is 5.97 Å². The highest BCUT2D eigenvalue weighted by Crippen LogP contribution is 2.16. The van der Waals surface area contributed by atoms with E-state index in [-0.39, 0.29) is 30.3 Å². The molecule has 27 heavy (non-hydrogen) atoms. The molecule has 2 amide bonds. The minimum Gasteiger partial charge on any atom is -0.497 e. The van der Waals surface area contributed by atoms with Crippen molar-refractivity contribution in [3.05, 3.63) is 59.7 Å². The minimum atomic E-state index is -1.05. The fourth-order valence-electron chi connectivity index (χ4n) is 2.55. The van der Waals surface area contributed by atoms with E-state index in [2.05, 4.69) is 5.32 Å². The van der Waals surface area contributed by atoms with Crippen LogP contribution in [0.4, 0.5) is 5.69 Å². The van der Waals surface area contributed by atoms with Crippen molar-refractivity contribution in [1.82, 2.24) is 4.90 Å². The molecule has 0 aromatic heterocycles. The zero-order valence-corrected chi connectivity index (χ0v) is 15.3. The van der Waals surface area contributed by atoms with Gasteiger partial charge in [-0.25, -0.2) is 4.79 Å². The molecule has 7 nitrogen and oxygen atoms in total. The quantitative estimate of drug-likeness (QED) is 0.744. The summed E-state index contributed by atoms with van der Waals surface area (Å²) in [6, 6.07) is 13.2. The molecule has 0 saturated carbocycles. The second-order valence-electron chi connectivity index (χ2n) is 5.87. The monoisotopic (exact) mass is 370 g/mol. The van der Waals surface area contributed by atoms with Gasteiger partial charge in [0.25, 0.3) is 0 Å². The number of carbonyl (C=O) groups is 3. The maximum atomic E-state index is 12.5. The van der Waals surface area contributed by atoms with Crippen molar-refractivity contribution in [2.24, 2.45) is 0 Å². The van der Waals surface area contributed by atoms with Crippen LogP contribution in [0.3, 0.4) is 0 Å². The number of carbonyl (C=O) groups excluding carboxylic acids is 2. The average Bonchev–Trinajstić information content (AvgIpc) is 2.66. The Bertz CT molecular complexity index is 835. The Morgan fingerprint density at radius 2 is 1.85 bits per heavy atom. The Morgan fingerprint density at radius 1 is 1.11 bits per heavy atom. The Kier molecular flexibility index (Phi) is 6.93. The van der Waals surface area contributed by atoms with E-state index in [0.29, 0.717) is 23.5 Å². The van der Waals surface area contributed by atoms with Crippen molar-refractivity contribution in [1.29, 1.82) is 0 Å². The number of rotatable bonds is 8. The zero-order chi connectivity index (χ0) is 19.8. The molecule has 0 fully saturated rings. The Morgan fingerprint density at radius 3 is 2.52 bits per heavy atom. The summed E-state index contributed by atoms with van der Waals surface area (Å²) in [5.74, 6) is -0.998. The number of aromatic carboxylic acids is 1. The van der Waals surface area contributed by atoms with Crippen LogP contribution >= 0.6 is 0 Å². The molecule has 0 atom stereocenters. The molecule has 142 valence electrons. The van der Waals surface area contributed by atoms with Gasteiger partial charge in [-0.3, -0.25) is 9.59 Å². The number of amides is 2. The molecule has 7 heteroatoms. The van der Waals surface area contributed by atoms with Gasteiger partial charge in [-0.05, 0) is 36.8 Å². The highest BCUT2D eigenvalue weighted by Gasteiger charge is 2.17. The first kappa shape index (κ1) is 20.0. The van der Waals surface area contributed by atoms with Crippen LogP contribution in [-0.4, -0.2) is 48.0 Å². The summed E-state index contributed by atoms with van der Waals surface area (Å²) in [5.41, 5.74) is 1.29. The number of hydrogen-bond donors (Lipinski definition) is 2. The molecular formula is C20H22N2O5. The van der Waals surface area contributed by atoms with Crippen LogP contribution in [0.25, 0.3) is 0 Å². The summed E-state index contributed by atoms with van der Waals surface area (Å²) in [5, 5.41) is 11.8. The lowest BCUT2D eigenvalue weighted by atomic mass is 10.1. The van der Waals surface area contributed by atoms with Crippen LogP contribution in [0.15, 0.2) is 48.5 Å². The third kappa shape index (κ3) is 5.85. The molecule has 0 saturated heterocycles. The Labute approximate surface area is 157 Å². The molecule has 2 N–H and O–H groups in total. The molecular weight excluding hydrogens is 348 g/mol. The normalized spacial score (nSPS) is 10.1. The summed E-state index contributed by atoms with van der Waals surface area (Å²) in [6.07, 6.45) is 0.0292. The number of nitrogens with one attached hydrogen (secondary N) is 1. The third-order valence-electron chi connectivity index (χ3n) is 3.95. The molecule has 0 unspecified atom stereocenters. The summed E-state index contributed by atoms with van der Waals surface area (Å²) in [7, 11) is 1.54. The Balaban J connectivity index is 1.98. The van der Waals surface area contributed by atoms with Crippen molar-refractivity contribution in [2.45, 2.75) is 13.3 Å². The smallest absolute Gasteiger partial charge is 0.335 e. The summed E-state index contributed by atoms with van der Waals surface area (Å²) >= 11 is 0. The van der Waals surface area contributed by atoms with Gasteiger partial charge < -0.3 is 20.1 Å². The average molecular weight is 370 g/mol. The molecule has 0 radical (unpaired) electrons. The van der Waals surface area contributed by atoms with Crippen molar-refractivity contribution in [2.75, 3.05) is 25.5 Å². The number of carboxylic acids is 1. The van der Waals surface area contributed by atoms with Gasteiger partial charge in [0.2, 0.25) is 11.8 Å². The number of anilines is 1. The highest BCUT2D eigenvalue weighted by molar-refractivity contribution is 5.95. The first-order valence-electron chi connectivity index (χ1n) is 8.46. The number of ether oxygens (including phenoxy) is 1. The maximum absolute atomic E-state index is 12.5. The number of likely N-dealkylation sites (N-methyl/N-ethyl adjacent to an activating group) is 1. The first-order valence-corrected chi connectivity index (χ1v) is 8.46. The minimum absolute atomic E-state index is 0.0292. The second-order valence-corrected chi connectivity index (χ2v) is 5.87. The fraction of sp³-hybridized carbons (Fsp3) is 0.250. The predicted molar refractivity (Wildman–Crippen MR) is 101 cm³/mol. The van der Waals surface area contributed by atoms with E-state index < -0.39 is 5.97 Å². The van der Waals surface area contributed by atoms with Gasteiger partial charge in [0.15, 0.2) is 0 Å². The van der Waals surface area contributed by atoms with E-state index in [9.17, 15) is 14.4 Å². The van der Waals surface area contributed by atoms with Crippen LogP contribution in [0.2, 0.25) is 0 Å². The number of methoxy groups -OCH3 is 1. The van der Waals surface area contributed by atoms with E-state index in [0.717, 1.165) is 0 Å². The molecule has 0 bridgehead atoms. The van der Waals surface area contributed by atoms with Crippen molar-refractivity contribution < 1.29 is 24.2 Å². The lowest BCUT2D eigenvalue weighted by Gasteiger charge is -2.20. The van der Waals surface area contributed by atoms with Crippen molar-refractivity contribution >= 4 is 23.5 Å². The largest absolute Gasteiger partial charge is 0.497 e. The topological polar surface area (TPSA) is 95.9 Å². The van der Waals surface area contributed by atoms with E-state index in [4.69, 9.17) is 9.84 Å². The third-order valence-corrected chi connectivity index (χ3v) is 3.95. The highest BCUT2D eigenvalue weighted by atomic mass is 16.5. The molecule has 0 aliphatic carbocycles. The molecule has 2 rings (SSSR count). The number of carboxylic acid groups (broad SMARTS) is 1. The van der Waals surface area contributed by atoms with Crippen molar-refractivity contribution in [3.8, 4) is 5.75 Å². The van der Waals surface area contributed by atoms with E-state index in [1.165, 1.54) is 24.1 Å². The molecule has 0 spiro atoms. The predicted octanol–water partition coefficient (Wildman–Crippen LogP) is 2.42. The van der Waals surface area contributed by atoms with E-state index in [1.807, 2.05) is 0 Å². The Hall–Kier alpha value is -3.35. The fourth-order valence-corrected chi connectivity index (χ4v) is 2.55. The maximum Gasteiger partial charge on any atom is 0.335 e. The lowest BCUT2D eigenvalue weighted by Crippen LogP contribution is -2.38. The van der Waals surface area contributed by atoms with Crippen LogP contribution in [0, 0.1) is 0 Å². The van der Waals surface area contributed by atoms with E-state index in [1.54, 1.807) is 43.3 Å².